The Balaban J connectivity index is 1.97. The molecule has 1 aromatic carbocycles. The third-order valence-electron chi connectivity index (χ3n) is 3.69. The first-order valence-electron chi connectivity index (χ1n) is 6.57. The van der Waals surface area contributed by atoms with E-state index >= 15 is 0 Å². The van der Waals surface area contributed by atoms with Crippen LogP contribution in [-0.4, -0.2) is 33.3 Å². The van der Waals surface area contributed by atoms with Crippen molar-refractivity contribution < 1.29 is 14.3 Å². The lowest BCUT2D eigenvalue weighted by molar-refractivity contribution is -0.147. The molecule has 19 heavy (non-hydrogen) atoms. The van der Waals surface area contributed by atoms with Crippen molar-refractivity contribution in [2.75, 3.05) is 27.4 Å². The van der Waals surface area contributed by atoms with E-state index in [2.05, 4.69) is 17.4 Å². The number of hydrogen-bond donors (Lipinski definition) is 1. The zero-order chi connectivity index (χ0) is 13.7. The second kappa shape index (κ2) is 6.17. The minimum absolute atomic E-state index is 0.105. The van der Waals surface area contributed by atoms with E-state index in [0.717, 1.165) is 12.8 Å². The van der Waals surface area contributed by atoms with Crippen LogP contribution in [0.2, 0.25) is 0 Å². The molecule has 0 saturated heterocycles. The maximum absolute atomic E-state index is 11.7. The van der Waals surface area contributed by atoms with Gasteiger partial charge in [-0.05, 0) is 18.4 Å². The van der Waals surface area contributed by atoms with Crippen LogP contribution in [0, 0.1) is 5.41 Å². The molecule has 0 aliphatic heterocycles. The standard InChI is InChI=1S/C15H21NO3/c1-18-10-13(12-6-4-3-5-7-12)16-11-15(8-9-15)14(17)19-2/h3-7,13,16H,8-11H2,1-2H3. The lowest BCUT2D eigenvalue weighted by Crippen LogP contribution is -2.35. The SMILES string of the molecule is COCC(NCC1(C(=O)OC)CC1)c1ccccc1. The number of benzene rings is 1. The molecule has 2 rings (SSSR count). The average molecular weight is 263 g/mol. The van der Waals surface area contributed by atoms with E-state index in [4.69, 9.17) is 9.47 Å². The van der Waals surface area contributed by atoms with Gasteiger partial charge in [0.25, 0.3) is 0 Å². The number of ether oxygens (including phenoxy) is 2. The third-order valence-corrected chi connectivity index (χ3v) is 3.69. The van der Waals surface area contributed by atoms with Gasteiger partial charge in [0.15, 0.2) is 0 Å². The summed E-state index contributed by atoms with van der Waals surface area (Å²) in [5.74, 6) is -0.107. The molecule has 0 aromatic heterocycles. The zero-order valence-corrected chi connectivity index (χ0v) is 11.5. The van der Waals surface area contributed by atoms with Gasteiger partial charge in [0.2, 0.25) is 0 Å². The first-order valence-corrected chi connectivity index (χ1v) is 6.57. The summed E-state index contributed by atoms with van der Waals surface area (Å²) in [5.41, 5.74) is 0.861. The van der Waals surface area contributed by atoms with Crippen LogP contribution in [0.15, 0.2) is 30.3 Å². The fraction of sp³-hybridized carbons (Fsp3) is 0.533. The fourth-order valence-corrected chi connectivity index (χ4v) is 2.26. The average Bonchev–Trinajstić information content (AvgIpc) is 3.24. The summed E-state index contributed by atoms with van der Waals surface area (Å²) in [4.78, 5) is 11.7. The van der Waals surface area contributed by atoms with Gasteiger partial charge in [-0.15, -0.1) is 0 Å². The van der Waals surface area contributed by atoms with Crippen LogP contribution in [0.3, 0.4) is 0 Å². The van der Waals surface area contributed by atoms with Crippen LogP contribution < -0.4 is 5.32 Å². The summed E-state index contributed by atoms with van der Waals surface area (Å²) in [6.45, 7) is 1.23. The van der Waals surface area contributed by atoms with Crippen molar-refractivity contribution in [1.82, 2.24) is 5.32 Å². The van der Waals surface area contributed by atoms with E-state index in [0.29, 0.717) is 13.2 Å². The molecular formula is C15H21NO3. The minimum Gasteiger partial charge on any atom is -0.469 e. The zero-order valence-electron chi connectivity index (χ0n) is 11.5. The van der Waals surface area contributed by atoms with Crippen molar-refractivity contribution >= 4 is 5.97 Å². The van der Waals surface area contributed by atoms with E-state index in [9.17, 15) is 4.79 Å². The molecule has 1 aliphatic rings. The molecule has 1 aromatic rings. The second-order valence-electron chi connectivity index (χ2n) is 5.07. The highest BCUT2D eigenvalue weighted by atomic mass is 16.5. The van der Waals surface area contributed by atoms with Gasteiger partial charge in [-0.2, -0.15) is 0 Å². The van der Waals surface area contributed by atoms with E-state index in [-0.39, 0.29) is 17.4 Å². The van der Waals surface area contributed by atoms with Crippen molar-refractivity contribution in [2.45, 2.75) is 18.9 Å². The molecule has 0 heterocycles. The number of nitrogens with one attached hydrogen (secondary N) is 1. The molecule has 0 amide bonds. The smallest absolute Gasteiger partial charge is 0.313 e. The maximum atomic E-state index is 11.7. The third kappa shape index (κ3) is 3.33. The summed E-state index contributed by atoms with van der Waals surface area (Å²) in [5, 5.41) is 3.43. The van der Waals surface area contributed by atoms with Crippen LogP contribution in [0.5, 0.6) is 0 Å². The lowest BCUT2D eigenvalue weighted by atomic mass is 10.0. The van der Waals surface area contributed by atoms with Gasteiger partial charge < -0.3 is 14.8 Å². The topological polar surface area (TPSA) is 47.6 Å². The molecule has 1 saturated carbocycles. The Morgan fingerprint density at radius 3 is 2.53 bits per heavy atom. The lowest BCUT2D eigenvalue weighted by Gasteiger charge is -2.21. The van der Waals surface area contributed by atoms with Gasteiger partial charge >= 0.3 is 5.97 Å². The van der Waals surface area contributed by atoms with Gasteiger partial charge in [-0.25, -0.2) is 0 Å². The summed E-state index contributed by atoms with van der Waals surface area (Å²) in [7, 11) is 3.14. The van der Waals surface area contributed by atoms with Crippen molar-refractivity contribution in [3.05, 3.63) is 35.9 Å². The van der Waals surface area contributed by atoms with Crippen LogP contribution in [0.25, 0.3) is 0 Å². The summed E-state index contributed by atoms with van der Waals surface area (Å²) >= 11 is 0. The first kappa shape index (κ1) is 14.0. The minimum atomic E-state index is -0.310. The predicted octanol–water partition coefficient (Wildman–Crippen LogP) is 1.92. The van der Waals surface area contributed by atoms with Gasteiger partial charge in [-0.1, -0.05) is 30.3 Å². The Kier molecular flexibility index (Phi) is 4.56. The number of rotatable bonds is 7. The molecule has 1 N–H and O–H groups in total. The van der Waals surface area contributed by atoms with E-state index in [1.165, 1.54) is 12.7 Å². The highest BCUT2D eigenvalue weighted by molar-refractivity contribution is 5.80. The van der Waals surface area contributed by atoms with Crippen LogP contribution in [0.4, 0.5) is 0 Å². The molecule has 1 atom stereocenters. The molecule has 0 radical (unpaired) electrons. The molecule has 0 spiro atoms. The number of methoxy groups -OCH3 is 2. The Labute approximate surface area is 114 Å². The van der Waals surface area contributed by atoms with E-state index in [1.807, 2.05) is 18.2 Å². The van der Waals surface area contributed by atoms with Gasteiger partial charge in [0, 0.05) is 13.7 Å². The Bertz CT molecular complexity index is 415. The van der Waals surface area contributed by atoms with Crippen LogP contribution in [0.1, 0.15) is 24.4 Å². The normalized spacial score (nSPS) is 17.8. The predicted molar refractivity (Wildman–Crippen MR) is 72.7 cm³/mol. The maximum Gasteiger partial charge on any atom is 0.313 e. The summed E-state index contributed by atoms with van der Waals surface area (Å²) in [6, 6.07) is 10.2. The van der Waals surface area contributed by atoms with Gasteiger partial charge in [0.1, 0.15) is 0 Å². The number of carbonyl (C=O) groups is 1. The molecule has 0 bridgehead atoms. The first-order chi connectivity index (χ1) is 9.22. The Morgan fingerprint density at radius 1 is 1.32 bits per heavy atom. The molecular weight excluding hydrogens is 242 g/mol. The van der Waals surface area contributed by atoms with Crippen molar-refractivity contribution in [3.63, 3.8) is 0 Å². The monoisotopic (exact) mass is 263 g/mol. The molecule has 104 valence electrons. The molecule has 1 unspecified atom stereocenters. The van der Waals surface area contributed by atoms with Gasteiger partial charge in [-0.3, -0.25) is 4.79 Å². The van der Waals surface area contributed by atoms with E-state index in [1.54, 1.807) is 7.11 Å². The Morgan fingerprint density at radius 2 is 2.00 bits per heavy atom. The van der Waals surface area contributed by atoms with Crippen LogP contribution >= 0.6 is 0 Å². The van der Waals surface area contributed by atoms with Crippen molar-refractivity contribution in [3.8, 4) is 0 Å². The quantitative estimate of drug-likeness (QED) is 0.763. The van der Waals surface area contributed by atoms with Crippen LogP contribution in [-0.2, 0) is 14.3 Å². The molecule has 1 fully saturated rings. The molecule has 1 aliphatic carbocycles. The molecule has 4 heteroatoms. The van der Waals surface area contributed by atoms with E-state index < -0.39 is 0 Å². The number of esters is 1. The second-order valence-corrected chi connectivity index (χ2v) is 5.07. The molecule has 4 nitrogen and oxygen atoms in total. The van der Waals surface area contributed by atoms with Crippen molar-refractivity contribution in [1.29, 1.82) is 0 Å². The van der Waals surface area contributed by atoms with Crippen molar-refractivity contribution in [2.24, 2.45) is 5.41 Å². The highest BCUT2D eigenvalue weighted by Crippen LogP contribution is 2.46. The Hall–Kier alpha value is -1.39. The summed E-state index contributed by atoms with van der Waals surface area (Å²) in [6.07, 6.45) is 1.81. The fourth-order valence-electron chi connectivity index (χ4n) is 2.26. The highest BCUT2D eigenvalue weighted by Gasteiger charge is 2.50. The summed E-state index contributed by atoms with van der Waals surface area (Å²) < 4.78 is 10.1. The largest absolute Gasteiger partial charge is 0.469 e. The van der Waals surface area contributed by atoms with Gasteiger partial charge in [0.05, 0.1) is 25.2 Å². The number of hydrogen-bond acceptors (Lipinski definition) is 4. The number of carbonyl (C=O) groups excluding carboxylic acids is 1.